The van der Waals surface area contributed by atoms with E-state index in [0.717, 1.165) is 89.6 Å². The van der Waals surface area contributed by atoms with Gasteiger partial charge in [0.2, 0.25) is 35.4 Å². The van der Waals surface area contributed by atoms with E-state index >= 15 is 0 Å². The lowest BCUT2D eigenvalue weighted by Crippen LogP contribution is -2.64. The van der Waals surface area contributed by atoms with Gasteiger partial charge in [0.05, 0.1) is 31.0 Å². The fraction of sp³-hybridized carbons (Fsp3) is 0.466. The molecule has 28 heteroatoms. The van der Waals surface area contributed by atoms with Crippen molar-refractivity contribution in [2.24, 2.45) is 5.92 Å². The molecule has 3 heterocycles. The minimum atomic E-state index is -5.06. The Morgan fingerprint density at radius 2 is 1.15 bits per heavy atom. The number of carbonyl (C=O) groups excluding carboxylic acids is 7. The van der Waals surface area contributed by atoms with Crippen LogP contribution in [0, 0.1) is 5.92 Å². The van der Waals surface area contributed by atoms with Gasteiger partial charge in [-0.3, -0.25) is 43.3 Å². The monoisotopic (exact) mass is 1220 g/mol. The zero-order chi connectivity index (χ0) is 62.9. The summed E-state index contributed by atoms with van der Waals surface area (Å²) < 4.78 is 21.8. The number of benzene rings is 4. The van der Waals surface area contributed by atoms with E-state index < -0.39 is 166 Å². The molecule has 3 aliphatic heterocycles. The van der Waals surface area contributed by atoms with Crippen molar-refractivity contribution in [1.29, 1.82) is 0 Å². The average molecular weight is 1220 g/mol. The van der Waals surface area contributed by atoms with E-state index in [4.69, 9.17) is 4.74 Å². The van der Waals surface area contributed by atoms with Gasteiger partial charge in [-0.2, -0.15) is 0 Å². The Kier molecular flexibility index (Phi) is 22.2. The van der Waals surface area contributed by atoms with E-state index in [1.54, 1.807) is 12.1 Å². The number of aliphatic hydroxyl groups excluding tert-OH is 8. The number of fused-ring (bicyclic) bond motifs is 2. The molecule has 0 aromatic heterocycles. The van der Waals surface area contributed by atoms with Crippen molar-refractivity contribution >= 4 is 49.2 Å². The van der Waals surface area contributed by atoms with Crippen molar-refractivity contribution in [3.05, 3.63) is 108 Å². The maximum atomic E-state index is 14.5. The van der Waals surface area contributed by atoms with Crippen LogP contribution in [-0.2, 0) is 33.3 Å². The Hall–Kier alpha value is -7.40. The van der Waals surface area contributed by atoms with Gasteiger partial charge in [-0.25, -0.2) is 4.57 Å². The van der Waals surface area contributed by atoms with Gasteiger partial charge in [0.15, 0.2) is 6.23 Å². The largest absolute Gasteiger partial charge is 0.524 e. The average Bonchev–Trinajstić information content (AvgIpc) is 2.75. The molecule has 15 N–H and O–H groups in total. The van der Waals surface area contributed by atoms with Gasteiger partial charge in [-0.05, 0) is 84.5 Å². The molecule has 15 atom stereocenters. The molecule has 4 aromatic carbocycles. The van der Waals surface area contributed by atoms with Gasteiger partial charge in [0.1, 0.15) is 66.1 Å². The molecule has 0 radical (unpaired) electrons. The van der Waals surface area contributed by atoms with Crippen molar-refractivity contribution in [2.75, 3.05) is 19.7 Å². The van der Waals surface area contributed by atoms with Gasteiger partial charge >= 0.3 is 7.82 Å². The number of ether oxygens (including phenoxy) is 1. The van der Waals surface area contributed by atoms with E-state index in [-0.39, 0.29) is 16.9 Å². The number of rotatable bonds is 16. The highest BCUT2D eigenvalue weighted by molar-refractivity contribution is 7.46. The lowest BCUT2D eigenvalue weighted by atomic mass is 9.96. The smallest absolute Gasteiger partial charge is 0.494 e. The van der Waals surface area contributed by atoms with Crippen LogP contribution in [-0.4, -0.2) is 201 Å². The number of carbonyl (C=O) groups is 7. The van der Waals surface area contributed by atoms with Crippen LogP contribution in [0.25, 0.3) is 22.3 Å². The zero-order valence-corrected chi connectivity index (χ0v) is 48.3. The summed E-state index contributed by atoms with van der Waals surface area (Å²) in [4.78, 5) is 120. The molecule has 466 valence electrons. The molecule has 0 saturated carbocycles. The second-order valence-electron chi connectivity index (χ2n) is 21.8. The third-order valence-corrected chi connectivity index (χ3v) is 15.7. The number of phosphoric ester groups is 1. The highest BCUT2D eigenvalue weighted by Gasteiger charge is 2.50. The lowest BCUT2D eigenvalue weighted by molar-refractivity contribution is -0.148. The molecule has 86 heavy (non-hydrogen) atoms. The molecule has 3 fully saturated rings. The standard InChI is InChI=1S/C58H74N7O20P/c1-5-6-7-24-84-39-20-16-35(17-21-39)33-10-8-32(9-11-33)34-12-14-37(15-13-34)51(73)59-41-26-43(69)54(76)63-56(78)47-48(70)29(2)27-65(47)58(80)45(31(4)67)61-55(77)46(50(72)49(71)36-18-22-40(23-19-36)85-86(81,82)83)62-53(75)42-25-38(68)28-64(42)57(79)44(30(3)66)60-52(41)74/h8-23,29-31,38,41-50,54,66-72,76H,5-7,24-28H2,1-4H3,(H,59,73)(H,60,74)(H,61,77)(H,62,75)(H,63,78)(H2,81,82,83)/t29-,30-,31-,38-,41+,42+,43-,44+,45+,46+,47+,48+,49+,50+,54-/m1/s1. The molecule has 0 bridgehead atoms. The van der Waals surface area contributed by atoms with Crippen molar-refractivity contribution < 1.29 is 98.0 Å². The maximum absolute atomic E-state index is 14.5. The predicted molar refractivity (Wildman–Crippen MR) is 304 cm³/mol. The van der Waals surface area contributed by atoms with Crippen molar-refractivity contribution in [1.82, 2.24) is 36.4 Å². The van der Waals surface area contributed by atoms with Gasteiger partial charge in [0.25, 0.3) is 5.91 Å². The van der Waals surface area contributed by atoms with Gasteiger partial charge in [-0.15, -0.1) is 0 Å². The van der Waals surface area contributed by atoms with Crippen LogP contribution in [0.5, 0.6) is 11.5 Å². The van der Waals surface area contributed by atoms with Crippen molar-refractivity contribution in [2.45, 2.75) is 145 Å². The van der Waals surface area contributed by atoms with E-state index in [1.807, 2.05) is 48.5 Å². The Labute approximate surface area is 494 Å². The number of phosphoric acid groups is 1. The van der Waals surface area contributed by atoms with Crippen LogP contribution in [0.15, 0.2) is 97.1 Å². The third kappa shape index (κ3) is 16.4. The normalized spacial score (nSPS) is 27.0. The number of aliphatic hydroxyl groups is 8. The zero-order valence-electron chi connectivity index (χ0n) is 47.5. The SMILES string of the molecule is CCCCCOc1ccc(-c2ccc(-c3ccc(C(=O)N[C@H]4C[C@@H](O)[C@@H](O)NC(=O)[C@@H]5[C@@H](O)[C@H](C)CN5C(=O)[C@H]([C@@H](C)O)NC(=O)[C@H]([C@H](O)[C@@H](O)c5ccc(OP(=O)(O)O)cc5)NC(=O)[C@@H]5C[C@@H](O)CN5C(=O)[C@H]([C@@H](C)O)NC4=O)cc3)cc2)cc1. The van der Waals surface area contributed by atoms with Crippen LogP contribution in [0.1, 0.15) is 81.8 Å². The van der Waals surface area contributed by atoms with Gasteiger partial charge < -0.3 is 86.5 Å². The van der Waals surface area contributed by atoms with E-state index in [9.17, 15) is 88.8 Å². The first-order valence-corrected chi connectivity index (χ1v) is 29.6. The molecule has 3 saturated heterocycles. The summed E-state index contributed by atoms with van der Waals surface area (Å²) in [6.45, 7) is 5.28. The fourth-order valence-corrected chi connectivity index (χ4v) is 10.8. The summed E-state index contributed by atoms with van der Waals surface area (Å²) in [5.74, 6) is -9.20. The van der Waals surface area contributed by atoms with Crippen molar-refractivity contribution in [3.8, 4) is 33.8 Å². The number of nitrogens with zero attached hydrogens (tertiary/aromatic N) is 2. The highest BCUT2D eigenvalue weighted by atomic mass is 31.2. The molecule has 3 aliphatic rings. The second kappa shape index (κ2) is 28.9. The van der Waals surface area contributed by atoms with E-state index in [0.29, 0.717) is 12.2 Å². The lowest BCUT2D eigenvalue weighted by Gasteiger charge is -2.34. The molecule has 0 spiro atoms. The summed E-state index contributed by atoms with van der Waals surface area (Å²) in [5, 5.41) is 102. The number of nitrogens with one attached hydrogen (secondary N) is 5. The number of hydrogen-bond acceptors (Lipinski definition) is 18. The molecule has 4 aromatic rings. The molecule has 7 amide bonds. The number of amides is 7. The van der Waals surface area contributed by atoms with Crippen LogP contribution >= 0.6 is 7.82 Å². The number of hydrogen-bond donors (Lipinski definition) is 15. The summed E-state index contributed by atoms with van der Waals surface area (Å²) in [6.07, 6.45) is -14.2. The molecule has 7 rings (SSSR count). The molecular formula is C58H74N7O20P. The second-order valence-corrected chi connectivity index (χ2v) is 23.0. The minimum Gasteiger partial charge on any atom is -0.494 e. The summed E-state index contributed by atoms with van der Waals surface area (Å²) in [7, 11) is -5.06. The van der Waals surface area contributed by atoms with E-state index in [2.05, 4.69) is 38.0 Å². The molecule has 0 unspecified atom stereocenters. The van der Waals surface area contributed by atoms with Crippen molar-refractivity contribution in [3.63, 3.8) is 0 Å². The van der Waals surface area contributed by atoms with Crippen LogP contribution in [0.4, 0.5) is 0 Å². The van der Waals surface area contributed by atoms with Gasteiger partial charge in [-0.1, -0.05) is 87.4 Å². The van der Waals surface area contributed by atoms with Gasteiger partial charge in [0, 0.05) is 37.4 Å². The first kappa shape index (κ1) is 66.1. The van der Waals surface area contributed by atoms with Crippen LogP contribution in [0.3, 0.4) is 0 Å². The quantitative estimate of drug-likeness (QED) is 0.0465. The van der Waals surface area contributed by atoms with E-state index in [1.165, 1.54) is 19.1 Å². The third-order valence-electron chi connectivity index (χ3n) is 15.3. The maximum Gasteiger partial charge on any atom is 0.524 e. The highest BCUT2D eigenvalue weighted by Crippen LogP contribution is 2.38. The minimum absolute atomic E-state index is 0.0110. The first-order valence-electron chi connectivity index (χ1n) is 28.0. The molecule has 0 aliphatic carbocycles. The number of unbranched alkanes of at least 4 members (excludes halogenated alkanes) is 2. The Balaban J connectivity index is 1.18. The Morgan fingerprint density at radius 3 is 1.70 bits per heavy atom. The van der Waals surface area contributed by atoms with Crippen LogP contribution in [0.2, 0.25) is 0 Å². The topological polar surface area (TPSA) is 424 Å². The summed E-state index contributed by atoms with van der Waals surface area (Å²) >= 11 is 0. The summed E-state index contributed by atoms with van der Waals surface area (Å²) in [5.41, 5.74) is 3.14. The predicted octanol–water partition coefficient (Wildman–Crippen LogP) is -1.16. The summed E-state index contributed by atoms with van der Waals surface area (Å²) in [6, 6.07) is 13.6. The van der Waals surface area contributed by atoms with Crippen LogP contribution < -0.4 is 35.8 Å². The first-order chi connectivity index (χ1) is 40.6. The molecule has 27 nitrogen and oxygen atoms in total. The fourth-order valence-electron chi connectivity index (χ4n) is 10.4. The Bertz CT molecular complexity index is 3080. The molecular weight excluding hydrogens is 1150 g/mol. The Morgan fingerprint density at radius 1 is 0.640 bits per heavy atom.